The molecule has 0 radical (unpaired) electrons. The predicted molar refractivity (Wildman–Crippen MR) is 279 cm³/mol. The standard InChI is InChI=1S/C34H50.C30H42/c1-3-5-7-9-11-29-13-17-31(18-14-29)21-23-33-25-27-34(28-26-33)24-22-32-19-15-30(16-20-32)12-10-8-6-4-2;1-3-5-7-25-9-13-27(14-10-25)17-19-29-21-23-30(24-22-29)20-18-28-15-11-26(12-16-28)8-6-4-2/h25-32H,3-20H2,1-2H3;21-28H,3-16H2,1-2H3. The van der Waals surface area contributed by atoms with Gasteiger partial charge in [0.15, 0.2) is 0 Å². The van der Waals surface area contributed by atoms with Crippen LogP contribution < -0.4 is 0 Å². The Labute approximate surface area is 396 Å². The van der Waals surface area contributed by atoms with Crippen molar-refractivity contribution in [3.8, 4) is 47.4 Å². The molecule has 0 N–H and O–H groups in total. The first kappa shape index (κ1) is 51.7. The summed E-state index contributed by atoms with van der Waals surface area (Å²) in [6.07, 6.45) is 43.9. The van der Waals surface area contributed by atoms with Gasteiger partial charge in [0.25, 0.3) is 0 Å². The van der Waals surface area contributed by atoms with E-state index in [1.165, 1.54) is 205 Å². The lowest BCUT2D eigenvalue weighted by atomic mass is 9.80. The van der Waals surface area contributed by atoms with Gasteiger partial charge in [0.1, 0.15) is 0 Å². The Hall–Kier alpha value is -3.32. The second-order valence-corrected chi connectivity index (χ2v) is 21.1. The van der Waals surface area contributed by atoms with E-state index in [1.54, 1.807) is 0 Å². The van der Waals surface area contributed by atoms with Gasteiger partial charge in [0.2, 0.25) is 0 Å². The molecule has 6 rings (SSSR count). The van der Waals surface area contributed by atoms with Crippen LogP contribution in [0.1, 0.15) is 255 Å². The van der Waals surface area contributed by atoms with E-state index < -0.39 is 0 Å². The molecule has 0 heteroatoms. The van der Waals surface area contributed by atoms with Crippen LogP contribution in [0.2, 0.25) is 0 Å². The van der Waals surface area contributed by atoms with E-state index >= 15 is 0 Å². The highest BCUT2D eigenvalue weighted by Crippen LogP contribution is 2.35. The zero-order valence-corrected chi connectivity index (χ0v) is 41.9. The summed E-state index contributed by atoms with van der Waals surface area (Å²) in [7, 11) is 0. The SMILES string of the molecule is CCCCC1CCC(C#Cc2ccc(C#CC3CCC(CCCC)CC3)cc2)CC1.CCCCCCC1CCC(C#Cc2ccc(C#CC3CCC(CCCCCC)CC3)cc2)CC1. The Bertz CT molecular complexity index is 1630. The maximum Gasteiger partial charge on any atom is 0.0246 e. The molecule has 2 aromatic carbocycles. The van der Waals surface area contributed by atoms with Gasteiger partial charge in [0, 0.05) is 45.9 Å². The van der Waals surface area contributed by atoms with Crippen LogP contribution in [0.3, 0.4) is 0 Å². The quantitative estimate of drug-likeness (QED) is 0.117. The summed E-state index contributed by atoms with van der Waals surface area (Å²) in [5.74, 6) is 34.3. The van der Waals surface area contributed by atoms with Crippen LogP contribution in [-0.2, 0) is 0 Å². The molecule has 64 heavy (non-hydrogen) atoms. The average Bonchev–Trinajstić information content (AvgIpc) is 3.35. The van der Waals surface area contributed by atoms with Gasteiger partial charge in [-0.25, -0.2) is 0 Å². The largest absolute Gasteiger partial charge is 0.0945 e. The van der Waals surface area contributed by atoms with Gasteiger partial charge in [-0.15, -0.1) is 0 Å². The van der Waals surface area contributed by atoms with Gasteiger partial charge in [-0.2, -0.15) is 0 Å². The minimum Gasteiger partial charge on any atom is -0.0945 e. The molecule has 4 aliphatic carbocycles. The maximum absolute atomic E-state index is 3.58. The summed E-state index contributed by atoms with van der Waals surface area (Å²) in [5, 5.41) is 0. The summed E-state index contributed by atoms with van der Waals surface area (Å²) in [5.41, 5.74) is 4.59. The Morgan fingerprint density at radius 1 is 0.281 bits per heavy atom. The van der Waals surface area contributed by atoms with E-state index in [9.17, 15) is 0 Å². The van der Waals surface area contributed by atoms with Crippen molar-refractivity contribution in [2.24, 2.45) is 47.3 Å². The van der Waals surface area contributed by atoms with E-state index in [1.807, 2.05) is 0 Å². The second-order valence-electron chi connectivity index (χ2n) is 21.1. The average molecular weight is 861 g/mol. The lowest BCUT2D eigenvalue weighted by Gasteiger charge is -2.25. The van der Waals surface area contributed by atoms with Crippen molar-refractivity contribution >= 4 is 0 Å². The minimum atomic E-state index is 0.605. The van der Waals surface area contributed by atoms with E-state index in [-0.39, 0.29) is 0 Å². The first-order chi connectivity index (χ1) is 31.5. The van der Waals surface area contributed by atoms with Crippen molar-refractivity contribution in [3.63, 3.8) is 0 Å². The molecule has 4 fully saturated rings. The van der Waals surface area contributed by atoms with Crippen molar-refractivity contribution in [1.82, 2.24) is 0 Å². The fourth-order valence-electron chi connectivity index (χ4n) is 11.1. The van der Waals surface area contributed by atoms with E-state index in [0.717, 1.165) is 45.9 Å². The van der Waals surface area contributed by atoms with Gasteiger partial charge in [-0.05, 0) is 175 Å². The topological polar surface area (TPSA) is 0 Å². The van der Waals surface area contributed by atoms with Crippen LogP contribution in [0.5, 0.6) is 0 Å². The molecule has 0 aliphatic heterocycles. The highest BCUT2D eigenvalue weighted by Gasteiger charge is 2.22. The third-order valence-electron chi connectivity index (χ3n) is 15.7. The number of hydrogen-bond donors (Lipinski definition) is 0. The number of unbranched alkanes of at least 4 members (excludes halogenated alkanes) is 8. The molecule has 0 bridgehead atoms. The van der Waals surface area contributed by atoms with E-state index in [4.69, 9.17) is 0 Å². The fraction of sp³-hybridized carbons (Fsp3) is 0.688. The van der Waals surface area contributed by atoms with Crippen molar-refractivity contribution in [2.75, 3.05) is 0 Å². The molecule has 2 aromatic rings. The molecule has 4 saturated carbocycles. The third-order valence-corrected chi connectivity index (χ3v) is 15.7. The van der Waals surface area contributed by atoms with E-state index in [2.05, 4.69) is 124 Å². The predicted octanol–water partition coefficient (Wildman–Crippen LogP) is 18.3. The molecule has 0 nitrogen and oxygen atoms in total. The molecule has 0 saturated heterocycles. The van der Waals surface area contributed by atoms with Gasteiger partial charge in [-0.1, -0.05) is 178 Å². The second kappa shape index (κ2) is 31.6. The third kappa shape index (κ3) is 20.9. The Kier molecular flexibility index (Phi) is 25.5. The van der Waals surface area contributed by atoms with Crippen molar-refractivity contribution in [2.45, 2.75) is 233 Å². The Morgan fingerprint density at radius 3 is 0.719 bits per heavy atom. The van der Waals surface area contributed by atoms with Crippen LogP contribution in [0, 0.1) is 94.7 Å². The molecule has 0 aromatic heterocycles. The Balaban J connectivity index is 0.000000243. The lowest BCUT2D eigenvalue weighted by molar-refractivity contribution is 0.294. The van der Waals surface area contributed by atoms with E-state index in [0.29, 0.717) is 23.7 Å². The molecular formula is C64H92. The maximum atomic E-state index is 3.58. The summed E-state index contributed by atoms with van der Waals surface area (Å²) >= 11 is 0. The molecule has 0 atom stereocenters. The smallest absolute Gasteiger partial charge is 0.0246 e. The van der Waals surface area contributed by atoms with Gasteiger partial charge < -0.3 is 0 Å². The van der Waals surface area contributed by atoms with Gasteiger partial charge >= 0.3 is 0 Å². The zero-order valence-electron chi connectivity index (χ0n) is 41.9. The minimum absolute atomic E-state index is 0.605. The fourth-order valence-corrected chi connectivity index (χ4v) is 11.1. The molecule has 0 amide bonds. The summed E-state index contributed by atoms with van der Waals surface area (Å²) in [6.45, 7) is 9.19. The zero-order chi connectivity index (χ0) is 44.9. The van der Waals surface area contributed by atoms with Crippen LogP contribution in [0.25, 0.3) is 0 Å². The monoisotopic (exact) mass is 861 g/mol. The number of benzene rings is 2. The van der Waals surface area contributed by atoms with Crippen molar-refractivity contribution in [3.05, 3.63) is 70.8 Å². The molecule has 0 unspecified atom stereocenters. The molecule has 0 spiro atoms. The molecule has 4 aliphatic rings. The van der Waals surface area contributed by atoms with Crippen molar-refractivity contribution < 1.29 is 0 Å². The van der Waals surface area contributed by atoms with Crippen LogP contribution >= 0.6 is 0 Å². The highest BCUT2D eigenvalue weighted by molar-refractivity contribution is 5.43. The van der Waals surface area contributed by atoms with Gasteiger partial charge in [-0.3, -0.25) is 0 Å². The summed E-state index contributed by atoms with van der Waals surface area (Å²) in [6, 6.07) is 17.3. The molecule has 348 valence electrons. The molecule has 0 heterocycles. The van der Waals surface area contributed by atoms with Gasteiger partial charge in [0.05, 0.1) is 0 Å². The number of hydrogen-bond acceptors (Lipinski definition) is 0. The molecular weight excluding hydrogens is 769 g/mol. The first-order valence-corrected chi connectivity index (χ1v) is 27.8. The summed E-state index contributed by atoms with van der Waals surface area (Å²) in [4.78, 5) is 0. The van der Waals surface area contributed by atoms with Crippen LogP contribution in [0.4, 0.5) is 0 Å². The Morgan fingerprint density at radius 2 is 0.500 bits per heavy atom. The highest BCUT2D eigenvalue weighted by atomic mass is 14.3. The lowest BCUT2D eigenvalue weighted by Crippen LogP contribution is -2.13. The van der Waals surface area contributed by atoms with Crippen molar-refractivity contribution in [1.29, 1.82) is 0 Å². The van der Waals surface area contributed by atoms with Crippen LogP contribution in [-0.4, -0.2) is 0 Å². The summed E-state index contributed by atoms with van der Waals surface area (Å²) < 4.78 is 0. The van der Waals surface area contributed by atoms with Crippen LogP contribution in [0.15, 0.2) is 48.5 Å². The number of rotatable bonds is 16. The first-order valence-electron chi connectivity index (χ1n) is 27.8. The normalized spacial score (nSPS) is 25.3.